The Bertz CT molecular complexity index is 546. The van der Waals surface area contributed by atoms with Crippen molar-refractivity contribution in [3.05, 3.63) is 21.9 Å². The van der Waals surface area contributed by atoms with Gasteiger partial charge < -0.3 is 4.74 Å². The lowest BCUT2D eigenvalue weighted by Gasteiger charge is -2.34. The fourth-order valence-electron chi connectivity index (χ4n) is 1.73. The molecule has 1 aromatic heterocycles. The Labute approximate surface area is 119 Å². The highest BCUT2D eigenvalue weighted by molar-refractivity contribution is 9.10. The fraction of sp³-hybridized carbons (Fsp3) is 0.500. The summed E-state index contributed by atoms with van der Waals surface area (Å²) < 4.78 is 32.5. The van der Waals surface area contributed by atoms with E-state index in [1.54, 1.807) is 7.11 Å². The van der Waals surface area contributed by atoms with Crippen molar-refractivity contribution in [1.29, 1.82) is 0 Å². The van der Waals surface area contributed by atoms with Gasteiger partial charge in [-0.15, -0.1) is 0 Å². The molecule has 8 heteroatoms. The van der Waals surface area contributed by atoms with E-state index < -0.39 is 10.0 Å². The molecule has 1 saturated carbocycles. The maximum atomic E-state index is 12.1. The third kappa shape index (κ3) is 3.03. The molecule has 1 N–H and O–H groups in total. The molecular formula is C10H12BrClN2O3S. The number of nitrogens with zero attached hydrogens (tertiary/aromatic N) is 1. The summed E-state index contributed by atoms with van der Waals surface area (Å²) in [7, 11) is -2.02. The molecule has 1 fully saturated rings. The largest absolute Gasteiger partial charge is 0.381 e. The van der Waals surface area contributed by atoms with Gasteiger partial charge in [-0.25, -0.2) is 18.1 Å². The summed E-state index contributed by atoms with van der Waals surface area (Å²) in [5, 5.41) is -0.0340. The first kappa shape index (κ1) is 14.2. The van der Waals surface area contributed by atoms with Crippen LogP contribution in [0.4, 0.5) is 0 Å². The van der Waals surface area contributed by atoms with Gasteiger partial charge in [0.15, 0.2) is 0 Å². The number of halogens is 2. The molecule has 0 radical (unpaired) electrons. The summed E-state index contributed by atoms with van der Waals surface area (Å²) in [6.07, 6.45) is 2.93. The van der Waals surface area contributed by atoms with E-state index in [1.165, 1.54) is 12.3 Å². The van der Waals surface area contributed by atoms with Crippen molar-refractivity contribution in [1.82, 2.24) is 9.71 Å². The molecule has 1 heterocycles. The second kappa shape index (κ2) is 5.42. The van der Waals surface area contributed by atoms with Gasteiger partial charge in [0.25, 0.3) is 0 Å². The average molecular weight is 356 g/mol. The van der Waals surface area contributed by atoms with Gasteiger partial charge in [0, 0.05) is 23.8 Å². The molecule has 1 aliphatic rings. The van der Waals surface area contributed by atoms with Crippen LogP contribution in [0.1, 0.15) is 12.8 Å². The van der Waals surface area contributed by atoms with Crippen LogP contribution in [0.5, 0.6) is 0 Å². The second-order valence-electron chi connectivity index (χ2n) is 4.09. The molecule has 5 nitrogen and oxygen atoms in total. The van der Waals surface area contributed by atoms with Crippen molar-refractivity contribution in [3.8, 4) is 0 Å². The smallest absolute Gasteiger partial charge is 0.243 e. The topological polar surface area (TPSA) is 68.3 Å². The maximum Gasteiger partial charge on any atom is 0.243 e. The van der Waals surface area contributed by atoms with E-state index in [9.17, 15) is 8.42 Å². The number of aromatic nitrogens is 1. The molecule has 0 atom stereocenters. The lowest BCUT2D eigenvalue weighted by molar-refractivity contribution is 0.0236. The summed E-state index contributed by atoms with van der Waals surface area (Å²) in [6, 6.07) is 1.33. The van der Waals surface area contributed by atoms with Crippen LogP contribution in [0.15, 0.2) is 21.6 Å². The quantitative estimate of drug-likeness (QED) is 0.838. The molecule has 0 amide bonds. The highest BCUT2D eigenvalue weighted by atomic mass is 79.9. The van der Waals surface area contributed by atoms with Gasteiger partial charge in [-0.1, -0.05) is 11.6 Å². The number of methoxy groups -OCH3 is 1. The van der Waals surface area contributed by atoms with E-state index in [2.05, 4.69) is 25.6 Å². The van der Waals surface area contributed by atoms with Crippen LogP contribution in [-0.2, 0) is 14.8 Å². The minimum absolute atomic E-state index is 0.0144. The Morgan fingerprint density at radius 1 is 1.56 bits per heavy atom. The first-order valence-corrected chi connectivity index (χ1v) is 7.94. The number of rotatable bonds is 4. The number of ether oxygens (including phenoxy) is 1. The van der Waals surface area contributed by atoms with E-state index in [1.807, 2.05) is 0 Å². The summed E-state index contributed by atoms with van der Waals surface area (Å²) in [6.45, 7) is 0. The van der Waals surface area contributed by atoms with Crippen molar-refractivity contribution in [3.63, 3.8) is 0 Å². The molecule has 0 unspecified atom stereocenters. The van der Waals surface area contributed by atoms with Crippen molar-refractivity contribution < 1.29 is 13.2 Å². The SMILES string of the molecule is COC1CC(NS(=O)(=O)c2cc(Br)cnc2Cl)C1. The van der Waals surface area contributed by atoms with Crippen molar-refractivity contribution >= 4 is 37.6 Å². The number of hydrogen-bond donors (Lipinski definition) is 1. The lowest BCUT2D eigenvalue weighted by atomic mass is 9.90. The maximum absolute atomic E-state index is 12.1. The Morgan fingerprint density at radius 2 is 2.22 bits per heavy atom. The van der Waals surface area contributed by atoms with Crippen LogP contribution < -0.4 is 4.72 Å². The van der Waals surface area contributed by atoms with Crippen LogP contribution in [-0.4, -0.2) is 32.7 Å². The molecule has 0 spiro atoms. The number of hydrogen-bond acceptors (Lipinski definition) is 4. The molecule has 18 heavy (non-hydrogen) atoms. The fourth-order valence-corrected chi connectivity index (χ4v) is 3.94. The molecule has 0 saturated heterocycles. The molecule has 0 bridgehead atoms. The number of pyridine rings is 1. The van der Waals surface area contributed by atoms with Crippen LogP contribution in [0.25, 0.3) is 0 Å². The summed E-state index contributed by atoms with van der Waals surface area (Å²) >= 11 is 8.98. The van der Waals surface area contributed by atoms with Crippen LogP contribution in [0.2, 0.25) is 5.15 Å². The highest BCUT2D eigenvalue weighted by Crippen LogP contribution is 2.27. The van der Waals surface area contributed by atoms with Crippen molar-refractivity contribution in [2.45, 2.75) is 29.9 Å². The third-order valence-corrected chi connectivity index (χ3v) is 5.19. The molecular weight excluding hydrogens is 344 g/mol. The minimum Gasteiger partial charge on any atom is -0.381 e. The van der Waals surface area contributed by atoms with Gasteiger partial charge in [0.05, 0.1) is 6.10 Å². The number of nitrogens with one attached hydrogen (secondary N) is 1. The number of sulfonamides is 1. The van der Waals surface area contributed by atoms with Gasteiger partial charge in [-0.2, -0.15) is 0 Å². The van der Waals surface area contributed by atoms with Gasteiger partial charge in [0.1, 0.15) is 10.0 Å². The first-order chi connectivity index (χ1) is 8.42. The van der Waals surface area contributed by atoms with Gasteiger partial charge in [0.2, 0.25) is 10.0 Å². The van der Waals surface area contributed by atoms with E-state index >= 15 is 0 Å². The average Bonchev–Trinajstić information content (AvgIpc) is 2.26. The Kier molecular flexibility index (Phi) is 4.28. The monoisotopic (exact) mass is 354 g/mol. The highest BCUT2D eigenvalue weighted by Gasteiger charge is 2.33. The zero-order chi connectivity index (χ0) is 13.3. The van der Waals surface area contributed by atoms with Gasteiger partial charge in [-0.3, -0.25) is 0 Å². The van der Waals surface area contributed by atoms with Crippen LogP contribution >= 0.6 is 27.5 Å². The van der Waals surface area contributed by atoms with E-state index in [0.29, 0.717) is 17.3 Å². The van der Waals surface area contributed by atoms with Crippen molar-refractivity contribution in [2.75, 3.05) is 7.11 Å². The van der Waals surface area contributed by atoms with E-state index in [0.717, 1.165) is 0 Å². The summed E-state index contributed by atoms with van der Waals surface area (Å²) in [5.74, 6) is 0. The molecule has 0 aliphatic heterocycles. The normalized spacial score (nSPS) is 23.7. The lowest BCUT2D eigenvalue weighted by Crippen LogP contribution is -2.47. The standard InChI is InChI=1S/C10H12BrClN2O3S/c1-17-8-3-7(4-8)14-18(15,16)9-2-6(11)5-13-10(9)12/h2,5,7-8,14H,3-4H2,1H3. The molecule has 1 aliphatic carbocycles. The second-order valence-corrected chi connectivity index (χ2v) is 7.05. The molecule has 100 valence electrons. The first-order valence-electron chi connectivity index (χ1n) is 5.28. The molecule has 0 aromatic carbocycles. The molecule has 1 aromatic rings. The van der Waals surface area contributed by atoms with Gasteiger partial charge >= 0.3 is 0 Å². The zero-order valence-corrected chi connectivity index (χ0v) is 12.7. The van der Waals surface area contributed by atoms with E-state index in [4.69, 9.17) is 16.3 Å². The predicted octanol–water partition coefficient (Wildman–Crippen LogP) is 1.95. The van der Waals surface area contributed by atoms with Crippen LogP contribution in [0.3, 0.4) is 0 Å². The summed E-state index contributed by atoms with van der Waals surface area (Å²) in [5.41, 5.74) is 0. The molecule has 2 rings (SSSR count). The third-order valence-electron chi connectivity index (χ3n) is 2.81. The summed E-state index contributed by atoms with van der Waals surface area (Å²) in [4.78, 5) is 3.79. The van der Waals surface area contributed by atoms with E-state index in [-0.39, 0.29) is 22.2 Å². The minimum atomic E-state index is -3.64. The predicted molar refractivity (Wildman–Crippen MR) is 71.1 cm³/mol. The van der Waals surface area contributed by atoms with Gasteiger partial charge in [-0.05, 0) is 34.8 Å². The van der Waals surface area contributed by atoms with Crippen molar-refractivity contribution in [2.24, 2.45) is 0 Å². The Morgan fingerprint density at radius 3 is 2.83 bits per heavy atom. The Balaban J connectivity index is 2.14. The Hall–Kier alpha value is -0.210. The zero-order valence-electron chi connectivity index (χ0n) is 9.56. The van der Waals surface area contributed by atoms with Crippen LogP contribution in [0, 0.1) is 0 Å².